The van der Waals surface area contributed by atoms with Gasteiger partial charge >= 0.3 is 5.97 Å². The van der Waals surface area contributed by atoms with Gasteiger partial charge in [0.2, 0.25) is 5.91 Å². The summed E-state index contributed by atoms with van der Waals surface area (Å²) >= 11 is 0. The molecule has 0 fully saturated rings. The molecule has 0 aromatic heterocycles. The Hall–Kier alpha value is -1.84. The molecular weight excluding hydrogens is 218 g/mol. The molecule has 0 bridgehead atoms. The van der Waals surface area contributed by atoms with Crippen molar-refractivity contribution in [1.29, 1.82) is 0 Å². The highest BCUT2D eigenvalue weighted by atomic mass is 16.4. The van der Waals surface area contributed by atoms with Crippen LogP contribution in [-0.4, -0.2) is 23.5 Å². The molecule has 1 amide bonds. The molecule has 0 spiro atoms. The minimum atomic E-state index is -0.788. The van der Waals surface area contributed by atoms with E-state index in [0.29, 0.717) is 13.0 Å². The standard InChI is InChI=1S/C13H15NO3/c1-9(15)14-8-10(6-7-13(16)17)11-4-2-3-5-12(11)14/h2-5,10H,6-8H2,1H3,(H,16,17)/t10-/m0/s1. The van der Waals surface area contributed by atoms with E-state index in [1.54, 1.807) is 4.90 Å². The average Bonchev–Trinajstić information content (AvgIpc) is 2.65. The minimum Gasteiger partial charge on any atom is -0.481 e. The molecule has 1 aromatic rings. The predicted octanol–water partition coefficient (Wildman–Crippen LogP) is 2.00. The van der Waals surface area contributed by atoms with E-state index in [4.69, 9.17) is 5.11 Å². The lowest BCUT2D eigenvalue weighted by molar-refractivity contribution is -0.137. The summed E-state index contributed by atoms with van der Waals surface area (Å²) in [5.74, 6) is -0.634. The molecular formula is C13H15NO3. The Bertz CT molecular complexity index is 456. The van der Waals surface area contributed by atoms with Gasteiger partial charge in [-0.1, -0.05) is 18.2 Å². The maximum atomic E-state index is 11.5. The van der Waals surface area contributed by atoms with E-state index in [9.17, 15) is 9.59 Å². The Kier molecular flexibility index (Phi) is 3.13. The summed E-state index contributed by atoms with van der Waals surface area (Å²) in [7, 11) is 0. The van der Waals surface area contributed by atoms with Crippen LogP contribution in [0.15, 0.2) is 24.3 Å². The van der Waals surface area contributed by atoms with Gasteiger partial charge in [0, 0.05) is 31.5 Å². The molecule has 1 aliphatic heterocycles. The zero-order chi connectivity index (χ0) is 12.4. The van der Waals surface area contributed by atoms with Crippen molar-refractivity contribution in [3.63, 3.8) is 0 Å². The fourth-order valence-electron chi connectivity index (χ4n) is 2.34. The number of amides is 1. The summed E-state index contributed by atoms with van der Waals surface area (Å²) in [5.41, 5.74) is 2.01. The number of carboxylic acid groups (broad SMARTS) is 1. The normalized spacial score (nSPS) is 17.9. The largest absolute Gasteiger partial charge is 0.481 e. The van der Waals surface area contributed by atoms with Crippen LogP contribution < -0.4 is 4.90 Å². The van der Waals surface area contributed by atoms with Gasteiger partial charge in [-0.05, 0) is 18.1 Å². The van der Waals surface area contributed by atoms with E-state index in [2.05, 4.69) is 0 Å². The van der Waals surface area contributed by atoms with E-state index in [1.807, 2.05) is 24.3 Å². The summed E-state index contributed by atoms with van der Waals surface area (Å²) in [6, 6.07) is 7.72. The minimum absolute atomic E-state index is 0.00951. The lowest BCUT2D eigenvalue weighted by Crippen LogP contribution is -2.27. The number of carboxylic acids is 1. The number of nitrogens with zero attached hydrogens (tertiary/aromatic N) is 1. The second-order valence-electron chi connectivity index (χ2n) is 4.32. The molecule has 0 saturated heterocycles. The van der Waals surface area contributed by atoms with Crippen molar-refractivity contribution in [1.82, 2.24) is 0 Å². The van der Waals surface area contributed by atoms with E-state index >= 15 is 0 Å². The number of hydrogen-bond acceptors (Lipinski definition) is 2. The van der Waals surface area contributed by atoms with E-state index in [-0.39, 0.29) is 18.2 Å². The topological polar surface area (TPSA) is 57.6 Å². The van der Waals surface area contributed by atoms with Crippen LogP contribution >= 0.6 is 0 Å². The number of carbonyl (C=O) groups is 2. The van der Waals surface area contributed by atoms with Crippen molar-refractivity contribution < 1.29 is 14.7 Å². The zero-order valence-corrected chi connectivity index (χ0v) is 9.72. The summed E-state index contributed by atoms with van der Waals surface area (Å²) in [6.45, 7) is 2.14. The molecule has 17 heavy (non-hydrogen) atoms. The van der Waals surface area contributed by atoms with Crippen molar-refractivity contribution >= 4 is 17.6 Å². The second-order valence-corrected chi connectivity index (χ2v) is 4.32. The number of fused-ring (bicyclic) bond motifs is 1. The first-order chi connectivity index (χ1) is 8.09. The Labute approximate surface area is 99.9 Å². The zero-order valence-electron chi connectivity index (χ0n) is 9.72. The molecule has 0 aliphatic carbocycles. The highest BCUT2D eigenvalue weighted by Gasteiger charge is 2.30. The molecule has 1 N–H and O–H groups in total. The van der Waals surface area contributed by atoms with Gasteiger partial charge in [-0.25, -0.2) is 0 Å². The highest BCUT2D eigenvalue weighted by Crippen LogP contribution is 2.38. The first kappa shape index (κ1) is 11.6. The van der Waals surface area contributed by atoms with Crippen molar-refractivity contribution in [3.05, 3.63) is 29.8 Å². The summed E-state index contributed by atoms with van der Waals surface area (Å²) in [6.07, 6.45) is 0.723. The Morgan fingerprint density at radius 2 is 2.12 bits per heavy atom. The van der Waals surface area contributed by atoms with E-state index < -0.39 is 5.97 Å². The van der Waals surface area contributed by atoms with Crippen LogP contribution in [0, 0.1) is 0 Å². The van der Waals surface area contributed by atoms with Gasteiger partial charge in [-0.3, -0.25) is 9.59 Å². The molecule has 1 aromatic carbocycles. The van der Waals surface area contributed by atoms with Crippen LogP contribution in [0.3, 0.4) is 0 Å². The van der Waals surface area contributed by atoms with Crippen LogP contribution in [0.1, 0.15) is 31.2 Å². The second kappa shape index (κ2) is 4.57. The lowest BCUT2D eigenvalue weighted by Gasteiger charge is -2.14. The molecule has 0 radical (unpaired) electrons. The summed E-state index contributed by atoms with van der Waals surface area (Å²) in [4.78, 5) is 23.8. The molecule has 1 heterocycles. The van der Waals surface area contributed by atoms with Crippen LogP contribution in [-0.2, 0) is 9.59 Å². The maximum Gasteiger partial charge on any atom is 0.303 e. The number of rotatable bonds is 3. The smallest absolute Gasteiger partial charge is 0.303 e. The first-order valence-corrected chi connectivity index (χ1v) is 5.68. The Balaban J connectivity index is 2.22. The number of para-hydroxylation sites is 1. The van der Waals surface area contributed by atoms with Crippen LogP contribution in [0.4, 0.5) is 5.69 Å². The van der Waals surface area contributed by atoms with Crippen LogP contribution in [0.25, 0.3) is 0 Å². The molecule has 1 atom stereocenters. The van der Waals surface area contributed by atoms with Crippen LogP contribution in [0.5, 0.6) is 0 Å². The van der Waals surface area contributed by atoms with Crippen LogP contribution in [0.2, 0.25) is 0 Å². The van der Waals surface area contributed by atoms with Gasteiger partial charge < -0.3 is 10.0 Å². The van der Waals surface area contributed by atoms with Crippen molar-refractivity contribution in [3.8, 4) is 0 Å². The van der Waals surface area contributed by atoms with Gasteiger partial charge in [0.25, 0.3) is 0 Å². The molecule has 0 unspecified atom stereocenters. The Morgan fingerprint density at radius 3 is 2.76 bits per heavy atom. The molecule has 0 saturated carbocycles. The average molecular weight is 233 g/mol. The fraction of sp³-hybridized carbons (Fsp3) is 0.385. The molecule has 4 nitrogen and oxygen atoms in total. The first-order valence-electron chi connectivity index (χ1n) is 5.68. The third-order valence-corrected chi connectivity index (χ3v) is 3.16. The van der Waals surface area contributed by atoms with Crippen molar-refractivity contribution in [2.24, 2.45) is 0 Å². The maximum absolute atomic E-state index is 11.5. The molecule has 4 heteroatoms. The molecule has 2 rings (SSSR count). The SMILES string of the molecule is CC(=O)N1C[C@H](CCC(=O)O)c2ccccc21. The third kappa shape index (κ3) is 2.30. The fourth-order valence-corrected chi connectivity index (χ4v) is 2.34. The Morgan fingerprint density at radius 1 is 1.41 bits per heavy atom. The quantitative estimate of drug-likeness (QED) is 0.868. The van der Waals surface area contributed by atoms with Crippen molar-refractivity contribution in [2.45, 2.75) is 25.7 Å². The molecule has 1 aliphatic rings. The lowest BCUT2D eigenvalue weighted by atomic mass is 9.96. The molecule has 90 valence electrons. The number of aliphatic carboxylic acids is 1. The summed E-state index contributed by atoms with van der Waals surface area (Å²) in [5, 5.41) is 8.72. The van der Waals surface area contributed by atoms with Gasteiger partial charge in [0.05, 0.1) is 0 Å². The van der Waals surface area contributed by atoms with Gasteiger partial charge in [-0.15, -0.1) is 0 Å². The van der Waals surface area contributed by atoms with Gasteiger partial charge in [0.1, 0.15) is 0 Å². The highest BCUT2D eigenvalue weighted by molar-refractivity contribution is 5.94. The van der Waals surface area contributed by atoms with E-state index in [1.165, 1.54) is 6.92 Å². The summed E-state index contributed by atoms with van der Waals surface area (Å²) < 4.78 is 0. The number of anilines is 1. The number of benzene rings is 1. The number of carbonyl (C=O) groups excluding carboxylic acids is 1. The predicted molar refractivity (Wildman–Crippen MR) is 64.1 cm³/mol. The van der Waals surface area contributed by atoms with E-state index in [0.717, 1.165) is 11.3 Å². The monoisotopic (exact) mass is 233 g/mol. The third-order valence-electron chi connectivity index (χ3n) is 3.16. The van der Waals surface area contributed by atoms with Crippen molar-refractivity contribution in [2.75, 3.05) is 11.4 Å². The van der Waals surface area contributed by atoms with Gasteiger partial charge in [0.15, 0.2) is 0 Å². The number of hydrogen-bond donors (Lipinski definition) is 1. The van der Waals surface area contributed by atoms with Gasteiger partial charge in [-0.2, -0.15) is 0 Å².